The quantitative estimate of drug-likeness (QED) is 0.727. The number of hydrogen-bond acceptors (Lipinski definition) is 3. The molecule has 1 aliphatic rings. The molecule has 1 aliphatic heterocycles. The van der Waals surface area contributed by atoms with Crippen LogP contribution in [0.2, 0.25) is 0 Å². The van der Waals surface area contributed by atoms with Gasteiger partial charge in [0, 0.05) is 32.7 Å². The van der Waals surface area contributed by atoms with E-state index in [2.05, 4.69) is 0 Å². The van der Waals surface area contributed by atoms with Crippen LogP contribution in [0.1, 0.15) is 13.3 Å². The predicted octanol–water partition coefficient (Wildman–Crippen LogP) is 0.437. The van der Waals surface area contributed by atoms with Crippen LogP contribution in [0, 0.1) is 0 Å². The summed E-state index contributed by atoms with van der Waals surface area (Å²) >= 11 is 0. The Balaban J connectivity index is 2.38. The van der Waals surface area contributed by atoms with Crippen molar-refractivity contribution in [2.75, 3.05) is 39.4 Å². The van der Waals surface area contributed by atoms with Gasteiger partial charge in [-0.3, -0.25) is 14.6 Å². The molecular formula is C10H19FN2O2. The van der Waals surface area contributed by atoms with Crippen molar-refractivity contribution in [3.63, 3.8) is 0 Å². The van der Waals surface area contributed by atoms with Crippen molar-refractivity contribution < 1.29 is 14.3 Å². The van der Waals surface area contributed by atoms with Gasteiger partial charge in [0.15, 0.2) is 0 Å². The second-order valence-corrected chi connectivity index (χ2v) is 3.83. The number of aliphatic carboxylic acids is 1. The molecule has 1 heterocycles. The highest BCUT2D eigenvalue weighted by atomic mass is 19.1. The molecule has 0 aromatic rings. The number of piperazine rings is 1. The summed E-state index contributed by atoms with van der Waals surface area (Å²) < 4.78 is 12.1. The van der Waals surface area contributed by atoms with E-state index in [4.69, 9.17) is 5.11 Å². The van der Waals surface area contributed by atoms with Crippen LogP contribution in [0.15, 0.2) is 0 Å². The minimum Gasteiger partial charge on any atom is -0.480 e. The Morgan fingerprint density at radius 2 is 2.00 bits per heavy atom. The van der Waals surface area contributed by atoms with Gasteiger partial charge in [-0.25, -0.2) is 4.39 Å². The molecule has 1 fully saturated rings. The van der Waals surface area contributed by atoms with Crippen LogP contribution in [0.4, 0.5) is 4.39 Å². The summed E-state index contributed by atoms with van der Waals surface area (Å²) in [6.07, 6.45) is 0.623. The fourth-order valence-corrected chi connectivity index (χ4v) is 2.01. The molecule has 0 radical (unpaired) electrons. The summed E-state index contributed by atoms with van der Waals surface area (Å²) in [7, 11) is 0. The van der Waals surface area contributed by atoms with Crippen molar-refractivity contribution in [2.24, 2.45) is 0 Å². The first kappa shape index (κ1) is 12.4. The maximum Gasteiger partial charge on any atom is 0.320 e. The molecule has 0 bridgehead atoms. The van der Waals surface area contributed by atoms with Gasteiger partial charge in [-0.05, 0) is 6.42 Å². The average molecular weight is 218 g/mol. The lowest BCUT2D eigenvalue weighted by molar-refractivity contribution is -0.144. The Labute approximate surface area is 89.7 Å². The molecule has 4 nitrogen and oxygen atoms in total. The fourth-order valence-electron chi connectivity index (χ4n) is 2.01. The van der Waals surface area contributed by atoms with Crippen molar-refractivity contribution in [3.8, 4) is 0 Å². The zero-order valence-electron chi connectivity index (χ0n) is 9.15. The summed E-state index contributed by atoms with van der Waals surface area (Å²) in [6, 6.07) is -0.377. The molecule has 0 spiro atoms. The Morgan fingerprint density at radius 1 is 1.40 bits per heavy atom. The SMILES string of the molecule is CCC(C(=O)O)N1CCN(CCF)CC1. The van der Waals surface area contributed by atoms with Gasteiger partial charge in [0.25, 0.3) is 0 Å². The lowest BCUT2D eigenvalue weighted by Crippen LogP contribution is -2.52. The second-order valence-electron chi connectivity index (χ2n) is 3.83. The highest BCUT2D eigenvalue weighted by molar-refractivity contribution is 5.73. The third-order valence-electron chi connectivity index (χ3n) is 2.92. The molecule has 0 saturated carbocycles. The third-order valence-corrected chi connectivity index (χ3v) is 2.92. The number of halogens is 1. The first-order chi connectivity index (χ1) is 7.19. The highest BCUT2D eigenvalue weighted by Crippen LogP contribution is 2.09. The van der Waals surface area contributed by atoms with Gasteiger partial charge in [0.2, 0.25) is 0 Å². The number of carboxylic acid groups (broad SMARTS) is 1. The molecule has 5 heteroatoms. The van der Waals surface area contributed by atoms with E-state index in [1.165, 1.54) is 0 Å². The Kier molecular flexibility index (Phi) is 4.98. The number of carbonyl (C=O) groups is 1. The van der Waals surface area contributed by atoms with E-state index in [0.717, 1.165) is 26.2 Å². The van der Waals surface area contributed by atoms with Gasteiger partial charge in [0.05, 0.1) is 0 Å². The van der Waals surface area contributed by atoms with Crippen LogP contribution >= 0.6 is 0 Å². The molecule has 0 aliphatic carbocycles. The summed E-state index contributed by atoms with van der Waals surface area (Å²) in [5.41, 5.74) is 0. The molecule has 1 rings (SSSR count). The van der Waals surface area contributed by atoms with Crippen LogP contribution in [0.5, 0.6) is 0 Å². The predicted molar refractivity (Wildman–Crippen MR) is 55.7 cm³/mol. The van der Waals surface area contributed by atoms with Crippen molar-refractivity contribution in [2.45, 2.75) is 19.4 Å². The first-order valence-electron chi connectivity index (χ1n) is 5.44. The number of rotatable bonds is 5. The first-order valence-corrected chi connectivity index (χ1v) is 5.44. The van der Waals surface area contributed by atoms with E-state index in [-0.39, 0.29) is 12.7 Å². The monoisotopic (exact) mass is 218 g/mol. The van der Waals surface area contributed by atoms with Crippen molar-refractivity contribution in [1.29, 1.82) is 0 Å². The standard InChI is InChI=1S/C10H19FN2O2/c1-2-9(10(14)15)13-7-5-12(4-3-11)6-8-13/h9H,2-8H2,1H3,(H,14,15). The Bertz CT molecular complexity index is 206. The zero-order chi connectivity index (χ0) is 11.3. The third kappa shape index (κ3) is 3.43. The van der Waals surface area contributed by atoms with Crippen LogP contribution in [-0.4, -0.2) is 66.3 Å². The molecule has 1 atom stereocenters. The summed E-state index contributed by atoms with van der Waals surface area (Å²) in [5.74, 6) is -0.753. The van der Waals surface area contributed by atoms with Gasteiger partial charge < -0.3 is 5.11 Å². The minimum absolute atomic E-state index is 0.323. The molecule has 1 saturated heterocycles. The van der Waals surface area contributed by atoms with Gasteiger partial charge in [-0.15, -0.1) is 0 Å². The molecule has 1 unspecified atom stereocenters. The molecule has 0 amide bonds. The van der Waals surface area contributed by atoms with E-state index in [0.29, 0.717) is 13.0 Å². The molecule has 88 valence electrons. The van der Waals surface area contributed by atoms with E-state index in [1.807, 2.05) is 16.7 Å². The lowest BCUT2D eigenvalue weighted by atomic mass is 10.1. The van der Waals surface area contributed by atoms with Crippen molar-refractivity contribution in [1.82, 2.24) is 9.80 Å². The second kappa shape index (κ2) is 6.02. The van der Waals surface area contributed by atoms with E-state index in [9.17, 15) is 9.18 Å². The van der Waals surface area contributed by atoms with Crippen molar-refractivity contribution in [3.05, 3.63) is 0 Å². The van der Waals surface area contributed by atoms with Crippen LogP contribution < -0.4 is 0 Å². The van der Waals surface area contributed by atoms with E-state index in [1.54, 1.807) is 0 Å². The topological polar surface area (TPSA) is 43.8 Å². The van der Waals surface area contributed by atoms with Crippen LogP contribution in [0.3, 0.4) is 0 Å². The smallest absolute Gasteiger partial charge is 0.320 e. The number of alkyl halides is 1. The summed E-state index contributed by atoms with van der Waals surface area (Å²) in [5, 5.41) is 8.98. The number of nitrogens with zero attached hydrogens (tertiary/aromatic N) is 2. The normalized spacial score (nSPS) is 21.5. The zero-order valence-corrected chi connectivity index (χ0v) is 9.15. The highest BCUT2D eigenvalue weighted by Gasteiger charge is 2.26. The van der Waals surface area contributed by atoms with E-state index >= 15 is 0 Å². The Hall–Kier alpha value is -0.680. The van der Waals surface area contributed by atoms with Crippen LogP contribution in [0.25, 0.3) is 0 Å². The molecule has 0 aromatic carbocycles. The van der Waals surface area contributed by atoms with E-state index < -0.39 is 5.97 Å². The largest absolute Gasteiger partial charge is 0.480 e. The summed E-state index contributed by atoms with van der Waals surface area (Å²) in [4.78, 5) is 14.9. The minimum atomic E-state index is -0.753. The molecule has 15 heavy (non-hydrogen) atoms. The molecule has 0 aromatic heterocycles. The maximum atomic E-state index is 12.1. The van der Waals surface area contributed by atoms with Crippen LogP contribution in [-0.2, 0) is 4.79 Å². The maximum absolute atomic E-state index is 12.1. The molecular weight excluding hydrogens is 199 g/mol. The average Bonchev–Trinajstić information content (AvgIpc) is 2.21. The fraction of sp³-hybridized carbons (Fsp3) is 0.900. The van der Waals surface area contributed by atoms with Gasteiger partial charge in [-0.2, -0.15) is 0 Å². The Morgan fingerprint density at radius 3 is 2.40 bits per heavy atom. The van der Waals surface area contributed by atoms with Gasteiger partial charge >= 0.3 is 5.97 Å². The van der Waals surface area contributed by atoms with Gasteiger partial charge in [-0.1, -0.05) is 6.92 Å². The summed E-state index contributed by atoms with van der Waals surface area (Å²) in [6.45, 7) is 5.03. The molecule has 1 N–H and O–H groups in total. The van der Waals surface area contributed by atoms with Crippen molar-refractivity contribution >= 4 is 5.97 Å². The number of hydrogen-bond donors (Lipinski definition) is 1. The van der Waals surface area contributed by atoms with Gasteiger partial charge in [0.1, 0.15) is 12.7 Å². The number of carboxylic acids is 1. The lowest BCUT2D eigenvalue weighted by Gasteiger charge is -2.37.